The molecule has 2 heterocycles. The molecule has 4 aromatic rings. The number of pyridine rings is 1. The van der Waals surface area contributed by atoms with Crippen molar-refractivity contribution in [2.75, 3.05) is 5.32 Å². The van der Waals surface area contributed by atoms with E-state index in [4.69, 9.17) is 4.74 Å². The van der Waals surface area contributed by atoms with Crippen LogP contribution in [0.2, 0.25) is 0 Å². The van der Waals surface area contributed by atoms with Crippen molar-refractivity contribution >= 4 is 22.6 Å². The predicted octanol–water partition coefficient (Wildman–Crippen LogP) is 6.62. The minimum atomic E-state index is -0.241. The molecular formula is C28H27N5O2. The van der Waals surface area contributed by atoms with Gasteiger partial charge in [-0.1, -0.05) is 18.2 Å². The fourth-order valence-electron chi connectivity index (χ4n) is 4.44. The van der Waals surface area contributed by atoms with Crippen molar-refractivity contribution in [2.24, 2.45) is 0 Å². The summed E-state index contributed by atoms with van der Waals surface area (Å²) in [4.78, 5) is 16.3. The summed E-state index contributed by atoms with van der Waals surface area (Å²) in [5.41, 5.74) is 4.16. The fraction of sp³-hybridized carbons (Fsp3) is 0.250. The molecule has 2 N–H and O–H groups in total. The molecule has 1 aliphatic carbocycles. The highest BCUT2D eigenvalue weighted by Crippen LogP contribution is 2.43. The Morgan fingerprint density at radius 3 is 2.57 bits per heavy atom. The summed E-state index contributed by atoms with van der Waals surface area (Å²) in [6.45, 7) is 3.83. The minimum absolute atomic E-state index is 0.0530. The summed E-state index contributed by atoms with van der Waals surface area (Å²) in [5.74, 6) is 1.21. The fourth-order valence-corrected chi connectivity index (χ4v) is 4.44. The highest BCUT2D eigenvalue weighted by atomic mass is 16.5. The van der Waals surface area contributed by atoms with Gasteiger partial charge in [-0.25, -0.2) is 9.78 Å². The number of nitrogens with one attached hydrogen (secondary N) is 2. The molecule has 5 rings (SSSR count). The molecule has 0 aliphatic heterocycles. The summed E-state index contributed by atoms with van der Waals surface area (Å²) in [6.07, 6.45) is 5.01. The molecule has 0 saturated heterocycles. The molecule has 2 amide bonds. The van der Waals surface area contributed by atoms with E-state index in [2.05, 4.69) is 26.3 Å². The molecule has 0 unspecified atom stereocenters. The van der Waals surface area contributed by atoms with Crippen LogP contribution in [0.1, 0.15) is 44.7 Å². The van der Waals surface area contributed by atoms with E-state index < -0.39 is 0 Å². The van der Waals surface area contributed by atoms with Gasteiger partial charge in [-0.2, -0.15) is 5.26 Å². The van der Waals surface area contributed by atoms with Crippen LogP contribution in [0.5, 0.6) is 11.6 Å². The van der Waals surface area contributed by atoms with Crippen LogP contribution in [0.25, 0.3) is 22.2 Å². The van der Waals surface area contributed by atoms with E-state index in [0.717, 1.165) is 35.0 Å². The van der Waals surface area contributed by atoms with Gasteiger partial charge in [0.05, 0.1) is 16.8 Å². The van der Waals surface area contributed by atoms with E-state index in [0.29, 0.717) is 28.9 Å². The molecule has 0 bridgehead atoms. The second-order valence-corrected chi connectivity index (χ2v) is 9.07. The predicted molar refractivity (Wildman–Crippen MR) is 137 cm³/mol. The highest BCUT2D eigenvalue weighted by Gasteiger charge is 2.28. The van der Waals surface area contributed by atoms with E-state index in [-0.39, 0.29) is 12.1 Å². The third-order valence-corrected chi connectivity index (χ3v) is 6.22. The van der Waals surface area contributed by atoms with Gasteiger partial charge < -0.3 is 19.9 Å². The number of fused-ring (bicyclic) bond motifs is 1. The minimum Gasteiger partial charge on any atom is -0.439 e. The van der Waals surface area contributed by atoms with Crippen LogP contribution in [0, 0.1) is 11.3 Å². The molecule has 35 heavy (non-hydrogen) atoms. The summed E-state index contributed by atoms with van der Waals surface area (Å²) in [6, 6.07) is 21.6. The van der Waals surface area contributed by atoms with E-state index in [9.17, 15) is 10.1 Å². The summed E-state index contributed by atoms with van der Waals surface area (Å²) < 4.78 is 8.28. The lowest BCUT2D eigenvalue weighted by Gasteiger charge is -2.30. The third kappa shape index (κ3) is 4.56. The van der Waals surface area contributed by atoms with Gasteiger partial charge in [0, 0.05) is 41.5 Å². The standard InChI is InChI=1S/C28H27N5O2/c1-18(2)31-28(34)32-20-11-9-19(10-12-20)27-24(17-29)23-14-13-22(35-26-8-3-4-15-30-26)16-25(23)33(27)21-6-5-7-21/h3-4,8-16,18,21H,5-7H2,1-2H3,(H2,31,32,34). The number of benzene rings is 2. The summed E-state index contributed by atoms with van der Waals surface area (Å²) in [5, 5.41) is 16.7. The number of urea groups is 1. The quantitative estimate of drug-likeness (QED) is 0.335. The maximum Gasteiger partial charge on any atom is 0.319 e. The van der Waals surface area contributed by atoms with Crippen molar-refractivity contribution in [3.05, 3.63) is 72.4 Å². The van der Waals surface area contributed by atoms with E-state index in [1.807, 2.05) is 74.5 Å². The maximum absolute atomic E-state index is 12.1. The largest absolute Gasteiger partial charge is 0.439 e. The van der Waals surface area contributed by atoms with Gasteiger partial charge >= 0.3 is 6.03 Å². The number of hydrogen-bond donors (Lipinski definition) is 2. The maximum atomic E-state index is 12.1. The van der Waals surface area contributed by atoms with Gasteiger partial charge in [-0.15, -0.1) is 0 Å². The topological polar surface area (TPSA) is 92.0 Å². The van der Waals surface area contributed by atoms with Crippen LogP contribution in [-0.2, 0) is 0 Å². The number of amides is 2. The molecule has 7 nitrogen and oxygen atoms in total. The zero-order chi connectivity index (χ0) is 24.4. The monoisotopic (exact) mass is 465 g/mol. The number of nitrogens with zero attached hydrogens (tertiary/aromatic N) is 3. The average molecular weight is 466 g/mol. The van der Waals surface area contributed by atoms with Crippen molar-refractivity contribution in [3.63, 3.8) is 0 Å². The number of carbonyl (C=O) groups excluding carboxylic acids is 1. The van der Waals surface area contributed by atoms with Crippen molar-refractivity contribution in [3.8, 4) is 29.0 Å². The van der Waals surface area contributed by atoms with Gasteiger partial charge in [0.2, 0.25) is 5.88 Å². The SMILES string of the molecule is CC(C)NC(=O)Nc1ccc(-c2c(C#N)c3ccc(Oc4ccccn4)cc3n2C2CCC2)cc1. The Hall–Kier alpha value is -4.31. The molecular weight excluding hydrogens is 438 g/mol. The Morgan fingerprint density at radius 1 is 1.14 bits per heavy atom. The molecule has 0 atom stereocenters. The van der Waals surface area contributed by atoms with Gasteiger partial charge in [-0.3, -0.25) is 0 Å². The van der Waals surface area contributed by atoms with Crippen LogP contribution < -0.4 is 15.4 Å². The highest BCUT2D eigenvalue weighted by molar-refractivity contribution is 5.96. The lowest BCUT2D eigenvalue weighted by Crippen LogP contribution is -2.34. The summed E-state index contributed by atoms with van der Waals surface area (Å²) in [7, 11) is 0. The first-order valence-corrected chi connectivity index (χ1v) is 11.9. The lowest BCUT2D eigenvalue weighted by atomic mass is 9.92. The van der Waals surface area contributed by atoms with Crippen LogP contribution in [0.4, 0.5) is 10.5 Å². The van der Waals surface area contributed by atoms with Crippen molar-refractivity contribution in [1.29, 1.82) is 5.26 Å². The number of nitriles is 1. The number of anilines is 1. The van der Waals surface area contributed by atoms with Crippen molar-refractivity contribution in [2.45, 2.75) is 45.2 Å². The normalized spacial score (nSPS) is 13.3. The zero-order valence-corrected chi connectivity index (χ0v) is 19.8. The first kappa shape index (κ1) is 22.5. The Labute approximate surface area is 204 Å². The molecule has 1 saturated carbocycles. The first-order chi connectivity index (χ1) is 17.0. The molecule has 0 radical (unpaired) electrons. The van der Waals surface area contributed by atoms with Crippen molar-refractivity contribution in [1.82, 2.24) is 14.9 Å². The van der Waals surface area contributed by atoms with Gasteiger partial charge in [0.15, 0.2) is 0 Å². The van der Waals surface area contributed by atoms with Crippen molar-refractivity contribution < 1.29 is 9.53 Å². The lowest BCUT2D eigenvalue weighted by molar-refractivity contribution is 0.250. The molecule has 7 heteroatoms. The number of aromatic nitrogens is 2. The number of ether oxygens (including phenoxy) is 1. The van der Waals surface area contributed by atoms with E-state index >= 15 is 0 Å². The molecule has 176 valence electrons. The van der Waals surface area contributed by atoms with Gasteiger partial charge in [0.1, 0.15) is 11.8 Å². The van der Waals surface area contributed by atoms with Crippen LogP contribution in [0.15, 0.2) is 66.9 Å². The van der Waals surface area contributed by atoms with Gasteiger partial charge in [0.25, 0.3) is 0 Å². The van der Waals surface area contributed by atoms with Gasteiger partial charge in [-0.05, 0) is 69.0 Å². The molecule has 0 spiro atoms. The Kier molecular flexibility index (Phi) is 6.11. The van der Waals surface area contributed by atoms with Crippen LogP contribution >= 0.6 is 0 Å². The van der Waals surface area contributed by atoms with E-state index in [1.54, 1.807) is 6.20 Å². The Bertz CT molecular complexity index is 1400. The zero-order valence-electron chi connectivity index (χ0n) is 19.8. The van der Waals surface area contributed by atoms with Crippen LogP contribution in [-0.4, -0.2) is 21.6 Å². The summed E-state index contributed by atoms with van der Waals surface area (Å²) >= 11 is 0. The average Bonchev–Trinajstić information content (AvgIpc) is 3.12. The molecule has 2 aromatic carbocycles. The molecule has 1 fully saturated rings. The number of hydrogen-bond acceptors (Lipinski definition) is 4. The van der Waals surface area contributed by atoms with Crippen LogP contribution in [0.3, 0.4) is 0 Å². The second kappa shape index (κ2) is 9.51. The second-order valence-electron chi connectivity index (χ2n) is 9.07. The number of carbonyl (C=O) groups is 1. The smallest absolute Gasteiger partial charge is 0.319 e. The molecule has 2 aromatic heterocycles. The number of rotatable bonds is 6. The first-order valence-electron chi connectivity index (χ1n) is 11.9. The Morgan fingerprint density at radius 2 is 1.94 bits per heavy atom. The molecule has 1 aliphatic rings. The van der Waals surface area contributed by atoms with E-state index in [1.165, 1.54) is 6.42 Å². The third-order valence-electron chi connectivity index (χ3n) is 6.22. The Balaban J connectivity index is 1.55.